The fraction of sp³-hybridized carbons (Fsp3) is 0.769. The highest BCUT2D eigenvalue weighted by molar-refractivity contribution is 7.91. The van der Waals surface area contributed by atoms with E-state index >= 15 is 0 Å². The summed E-state index contributed by atoms with van der Waals surface area (Å²) in [7, 11) is -3.03. The number of anilines is 1. The largest absolute Gasteiger partial charge is 0.390 e. The third-order valence-electron chi connectivity index (χ3n) is 9.98. The molecule has 0 radical (unpaired) electrons. The number of amides is 1. The molecule has 7 aliphatic carbocycles. The Kier molecular flexibility index (Phi) is 4.57. The Morgan fingerprint density at radius 3 is 2.24 bits per heavy atom. The Bertz CT molecular complexity index is 1130. The first-order chi connectivity index (χ1) is 16.2. The number of hydrogen-bond donors (Lipinski definition) is 2. The van der Waals surface area contributed by atoms with Crippen molar-refractivity contribution in [3.63, 3.8) is 0 Å². The van der Waals surface area contributed by atoms with E-state index in [0.717, 1.165) is 63.6 Å². The Morgan fingerprint density at radius 2 is 1.62 bits per heavy atom. The monoisotopic (exact) mass is 485 g/mol. The molecule has 8 aliphatic rings. The lowest BCUT2D eigenvalue weighted by molar-refractivity contribution is -0.127. The van der Waals surface area contributed by atoms with Crippen molar-refractivity contribution >= 4 is 21.6 Å². The number of carbonyl (C=O) groups excluding carboxylic acids is 1. The lowest BCUT2D eigenvalue weighted by Gasteiger charge is -2.60. The number of fused-ring (bicyclic) bond motifs is 2. The molecular formula is C26H35N3O4S. The van der Waals surface area contributed by atoms with Gasteiger partial charge in [0.15, 0.2) is 9.84 Å². The van der Waals surface area contributed by atoms with Gasteiger partial charge in [0.2, 0.25) is 0 Å². The Balaban J connectivity index is 1.25. The molecular weight excluding hydrogens is 450 g/mol. The summed E-state index contributed by atoms with van der Waals surface area (Å²) >= 11 is 0. The van der Waals surface area contributed by atoms with Gasteiger partial charge >= 0.3 is 0 Å². The molecule has 2 heterocycles. The van der Waals surface area contributed by atoms with Crippen LogP contribution in [0.15, 0.2) is 6.20 Å². The summed E-state index contributed by atoms with van der Waals surface area (Å²) in [5, 5.41) is 15.1. The Hall–Kier alpha value is -1.67. The topological polar surface area (TPSA) is 99.6 Å². The van der Waals surface area contributed by atoms with Crippen LogP contribution in [0.25, 0.3) is 0 Å². The minimum absolute atomic E-state index is 0.0494. The maximum atomic E-state index is 13.6. The quantitative estimate of drug-likeness (QED) is 0.682. The van der Waals surface area contributed by atoms with Gasteiger partial charge in [0.25, 0.3) is 5.91 Å². The van der Waals surface area contributed by atoms with Gasteiger partial charge < -0.3 is 15.3 Å². The summed E-state index contributed by atoms with van der Waals surface area (Å²) in [4.78, 5) is 20.2. The molecule has 9 rings (SSSR count). The molecule has 0 aromatic carbocycles. The molecule has 5 saturated carbocycles. The minimum atomic E-state index is -3.03. The Morgan fingerprint density at radius 1 is 1.00 bits per heavy atom. The number of pyridine rings is 1. The maximum absolute atomic E-state index is 13.6. The van der Waals surface area contributed by atoms with Crippen molar-refractivity contribution in [1.29, 1.82) is 0 Å². The smallest absolute Gasteiger partial charge is 0.255 e. The van der Waals surface area contributed by atoms with Crippen LogP contribution in [0, 0.1) is 11.8 Å². The number of nitrogens with zero attached hydrogens (tertiary/aromatic N) is 2. The molecule has 1 aliphatic heterocycles. The average Bonchev–Trinajstić information content (AvgIpc) is 2.77. The van der Waals surface area contributed by atoms with Crippen molar-refractivity contribution in [2.75, 3.05) is 29.9 Å². The highest BCUT2D eigenvalue weighted by Gasteiger charge is 2.57. The predicted molar refractivity (Wildman–Crippen MR) is 129 cm³/mol. The van der Waals surface area contributed by atoms with E-state index in [-0.39, 0.29) is 36.0 Å². The van der Waals surface area contributed by atoms with Crippen LogP contribution in [0.4, 0.5) is 5.82 Å². The van der Waals surface area contributed by atoms with Gasteiger partial charge in [-0.25, -0.2) is 13.4 Å². The van der Waals surface area contributed by atoms with Crippen LogP contribution in [-0.4, -0.2) is 65.1 Å². The van der Waals surface area contributed by atoms with Gasteiger partial charge in [-0.1, -0.05) is 0 Å². The zero-order valence-corrected chi connectivity index (χ0v) is 20.6. The second-order valence-electron chi connectivity index (χ2n) is 12.4. The van der Waals surface area contributed by atoms with Gasteiger partial charge in [0.1, 0.15) is 5.82 Å². The zero-order chi connectivity index (χ0) is 23.3. The molecule has 7 nitrogen and oxygen atoms in total. The summed E-state index contributed by atoms with van der Waals surface area (Å²) in [5.41, 5.74) is 2.52. The molecule has 1 aromatic rings. The molecule has 34 heavy (non-hydrogen) atoms. The molecule has 1 saturated heterocycles. The summed E-state index contributed by atoms with van der Waals surface area (Å²) < 4.78 is 23.8. The first-order valence-corrected chi connectivity index (χ1v) is 15.1. The van der Waals surface area contributed by atoms with Crippen LogP contribution in [0.1, 0.15) is 97.5 Å². The highest BCUT2D eigenvalue weighted by atomic mass is 32.2. The van der Waals surface area contributed by atoms with Crippen LogP contribution < -0.4 is 5.32 Å². The van der Waals surface area contributed by atoms with Gasteiger partial charge in [-0.05, 0) is 93.4 Å². The second kappa shape index (κ2) is 7.19. The third kappa shape index (κ3) is 3.34. The molecule has 6 fully saturated rings. The van der Waals surface area contributed by atoms with Crippen molar-refractivity contribution in [3.8, 4) is 0 Å². The molecule has 184 valence electrons. The lowest BCUT2D eigenvalue weighted by Crippen LogP contribution is -2.62. The van der Waals surface area contributed by atoms with Gasteiger partial charge in [-0.2, -0.15) is 0 Å². The van der Waals surface area contributed by atoms with Gasteiger partial charge in [0.05, 0.1) is 22.7 Å². The summed E-state index contributed by atoms with van der Waals surface area (Å²) in [6.45, 7) is 0.545. The van der Waals surface area contributed by atoms with Gasteiger partial charge in [-0.15, -0.1) is 0 Å². The normalized spacial score (nSPS) is 41.4. The molecule has 1 aromatic heterocycles. The molecule has 0 spiro atoms. The number of sulfone groups is 1. The number of nitrogens with one attached hydrogen (secondary N) is 1. The summed E-state index contributed by atoms with van der Waals surface area (Å²) in [6.07, 6.45) is 12.5. The fourth-order valence-electron chi connectivity index (χ4n) is 9.03. The molecule has 2 atom stereocenters. The number of hydrogen-bond acceptors (Lipinski definition) is 6. The van der Waals surface area contributed by atoms with Crippen molar-refractivity contribution in [3.05, 3.63) is 22.9 Å². The Labute approximate surface area is 201 Å². The number of aromatic nitrogens is 1. The molecule has 1 amide bonds. The van der Waals surface area contributed by atoms with Crippen LogP contribution >= 0.6 is 0 Å². The van der Waals surface area contributed by atoms with Crippen LogP contribution in [0.2, 0.25) is 0 Å². The summed E-state index contributed by atoms with van der Waals surface area (Å²) in [5.74, 6) is 3.01. The number of carbonyl (C=O) groups is 1. The van der Waals surface area contributed by atoms with Crippen molar-refractivity contribution in [2.24, 2.45) is 11.8 Å². The third-order valence-corrected chi connectivity index (χ3v) is 11.6. The summed E-state index contributed by atoms with van der Waals surface area (Å²) in [6, 6.07) is 0. The van der Waals surface area contributed by atoms with E-state index in [4.69, 9.17) is 4.98 Å². The first-order valence-electron chi connectivity index (χ1n) is 13.2. The predicted octanol–water partition coefficient (Wildman–Crippen LogP) is 3.20. The van der Waals surface area contributed by atoms with Gasteiger partial charge in [0, 0.05) is 30.4 Å². The fourth-order valence-corrected chi connectivity index (χ4v) is 10.2. The maximum Gasteiger partial charge on any atom is 0.255 e. The van der Waals surface area contributed by atoms with Crippen LogP contribution in [0.5, 0.6) is 0 Å². The van der Waals surface area contributed by atoms with E-state index in [1.807, 2.05) is 0 Å². The second-order valence-corrected chi connectivity index (χ2v) is 14.7. The van der Waals surface area contributed by atoms with E-state index < -0.39 is 15.4 Å². The number of rotatable bonds is 3. The lowest BCUT2D eigenvalue weighted by atomic mass is 9.51. The average molecular weight is 486 g/mol. The molecule has 2 unspecified atom stereocenters. The van der Waals surface area contributed by atoms with E-state index in [2.05, 4.69) is 5.32 Å². The molecule has 2 N–H and O–H groups in total. The van der Waals surface area contributed by atoms with Crippen molar-refractivity contribution in [2.45, 2.75) is 87.2 Å². The van der Waals surface area contributed by atoms with Crippen LogP contribution in [0.3, 0.4) is 0 Å². The van der Waals surface area contributed by atoms with Crippen molar-refractivity contribution in [1.82, 2.24) is 9.88 Å². The SMILES string of the molecule is O=C(c1cnc(NC23CC4CC(CC(O)(C4)C2)C3)c2c1C1CCC2CC1)N1CCS(=O)(=O)CC1. The molecule has 6 bridgehead atoms. The van der Waals surface area contributed by atoms with E-state index in [0.29, 0.717) is 29.2 Å². The standard InChI is InChI=1S/C26H35N3O4S/c30-24(29-5-7-34(32,33)8-6-29)20-14-27-23(22-19-3-1-18(2-4-19)21(20)22)28-25-10-16-9-17(11-25)13-26(31,12-16)15-25/h14,16-19,31H,1-13,15H2,(H,27,28). The first kappa shape index (κ1) is 21.6. The minimum Gasteiger partial charge on any atom is -0.390 e. The van der Waals surface area contributed by atoms with E-state index in [1.165, 1.54) is 17.5 Å². The van der Waals surface area contributed by atoms with E-state index in [9.17, 15) is 18.3 Å². The van der Waals surface area contributed by atoms with Crippen molar-refractivity contribution < 1.29 is 18.3 Å². The highest BCUT2D eigenvalue weighted by Crippen LogP contribution is 2.59. The molecule has 8 heteroatoms. The zero-order valence-electron chi connectivity index (χ0n) is 19.8. The van der Waals surface area contributed by atoms with E-state index in [1.54, 1.807) is 11.1 Å². The van der Waals surface area contributed by atoms with Crippen LogP contribution in [-0.2, 0) is 9.84 Å². The van der Waals surface area contributed by atoms with Gasteiger partial charge in [-0.3, -0.25) is 4.79 Å². The number of aliphatic hydroxyl groups is 1.